The van der Waals surface area contributed by atoms with E-state index in [0.717, 1.165) is 6.61 Å². The molecule has 0 unspecified atom stereocenters. The summed E-state index contributed by atoms with van der Waals surface area (Å²) in [4.78, 5) is 4.10. The van der Waals surface area contributed by atoms with Crippen LogP contribution in [0.25, 0.3) is 0 Å². The van der Waals surface area contributed by atoms with Crippen LogP contribution in [0.5, 0.6) is 0 Å². The molecule has 1 aromatic rings. The summed E-state index contributed by atoms with van der Waals surface area (Å²) in [5, 5.41) is 3.85. The van der Waals surface area contributed by atoms with Crippen LogP contribution in [-0.2, 0) is 4.74 Å². The first kappa shape index (κ1) is 13.4. The molecule has 1 aromatic heterocycles. The zero-order valence-corrected chi connectivity index (χ0v) is 12.1. The summed E-state index contributed by atoms with van der Waals surface area (Å²) in [6.07, 6.45) is 8.90. The third-order valence-electron chi connectivity index (χ3n) is 4.03. The molecular formula is C15H22N2OS. The predicted octanol–water partition coefficient (Wildman–Crippen LogP) is 2.79. The lowest BCUT2D eigenvalue weighted by Gasteiger charge is -2.36. The first-order valence-corrected chi connectivity index (χ1v) is 8.44. The maximum atomic E-state index is 6.02. The van der Waals surface area contributed by atoms with E-state index in [1.165, 1.54) is 42.8 Å². The molecule has 19 heavy (non-hydrogen) atoms. The van der Waals surface area contributed by atoms with Gasteiger partial charge in [0, 0.05) is 31.1 Å². The molecule has 0 aliphatic carbocycles. The Balaban J connectivity index is 1.66. The van der Waals surface area contributed by atoms with E-state index in [1.807, 2.05) is 12.4 Å². The molecule has 104 valence electrons. The molecule has 0 bridgehead atoms. The van der Waals surface area contributed by atoms with Gasteiger partial charge in [0.1, 0.15) is 0 Å². The second-order valence-electron chi connectivity index (χ2n) is 5.37. The van der Waals surface area contributed by atoms with Gasteiger partial charge in [-0.25, -0.2) is 0 Å². The van der Waals surface area contributed by atoms with Crippen LogP contribution in [0.15, 0.2) is 24.5 Å². The fourth-order valence-electron chi connectivity index (χ4n) is 3.00. The van der Waals surface area contributed by atoms with E-state index in [-0.39, 0.29) is 6.10 Å². The summed E-state index contributed by atoms with van der Waals surface area (Å²) in [6, 6.07) is 5.31. The van der Waals surface area contributed by atoms with Crippen LogP contribution in [-0.4, -0.2) is 35.2 Å². The number of thioether (sulfide) groups is 1. The smallest absolute Gasteiger partial charge is 0.0978 e. The van der Waals surface area contributed by atoms with Crippen LogP contribution in [0.1, 0.15) is 37.4 Å². The van der Waals surface area contributed by atoms with Crippen molar-refractivity contribution in [1.29, 1.82) is 0 Å². The number of ether oxygens (including phenoxy) is 1. The average Bonchev–Trinajstić information content (AvgIpc) is 2.50. The molecule has 4 heteroatoms. The summed E-state index contributed by atoms with van der Waals surface area (Å²) in [5.74, 6) is 2.59. The van der Waals surface area contributed by atoms with E-state index in [0.29, 0.717) is 12.1 Å². The second-order valence-corrected chi connectivity index (χ2v) is 6.60. The van der Waals surface area contributed by atoms with Crippen molar-refractivity contribution in [3.8, 4) is 0 Å². The third kappa shape index (κ3) is 3.50. The van der Waals surface area contributed by atoms with Crippen LogP contribution in [0, 0.1) is 0 Å². The summed E-state index contributed by atoms with van der Waals surface area (Å²) < 4.78 is 6.02. The Labute approximate surface area is 119 Å². The Morgan fingerprint density at radius 2 is 1.95 bits per heavy atom. The molecule has 3 rings (SSSR count). The number of nitrogens with zero attached hydrogens (tertiary/aromatic N) is 1. The molecule has 2 atom stereocenters. The van der Waals surface area contributed by atoms with Crippen molar-refractivity contribution in [3.05, 3.63) is 30.1 Å². The van der Waals surface area contributed by atoms with Gasteiger partial charge in [0.2, 0.25) is 0 Å². The Kier molecular flexibility index (Phi) is 4.75. The van der Waals surface area contributed by atoms with Gasteiger partial charge < -0.3 is 10.1 Å². The first-order chi connectivity index (χ1) is 9.43. The minimum absolute atomic E-state index is 0.200. The lowest BCUT2D eigenvalue weighted by Crippen LogP contribution is -2.46. The zero-order valence-electron chi connectivity index (χ0n) is 11.3. The Hall–Kier alpha value is -0.580. The van der Waals surface area contributed by atoms with Crippen molar-refractivity contribution in [2.45, 2.75) is 43.9 Å². The molecule has 0 amide bonds. The van der Waals surface area contributed by atoms with Crippen LogP contribution < -0.4 is 5.32 Å². The van der Waals surface area contributed by atoms with Gasteiger partial charge in [-0.15, -0.1) is 0 Å². The van der Waals surface area contributed by atoms with Gasteiger partial charge in [-0.3, -0.25) is 4.98 Å². The highest BCUT2D eigenvalue weighted by Crippen LogP contribution is 2.29. The predicted molar refractivity (Wildman–Crippen MR) is 79.4 cm³/mol. The fourth-order valence-corrected chi connectivity index (χ4v) is 4.11. The average molecular weight is 278 g/mol. The van der Waals surface area contributed by atoms with E-state index in [4.69, 9.17) is 4.74 Å². The van der Waals surface area contributed by atoms with Gasteiger partial charge >= 0.3 is 0 Å². The maximum absolute atomic E-state index is 6.02. The van der Waals surface area contributed by atoms with Gasteiger partial charge in [0.05, 0.1) is 6.10 Å². The normalized spacial score (nSPS) is 29.3. The molecule has 3 nitrogen and oxygen atoms in total. The van der Waals surface area contributed by atoms with E-state index in [9.17, 15) is 0 Å². The van der Waals surface area contributed by atoms with Gasteiger partial charge in [0.25, 0.3) is 0 Å². The lowest BCUT2D eigenvalue weighted by atomic mass is 9.95. The standard InChI is InChI=1S/C15H22N2OS/c1-2-14(17-13-5-10-19-11-6-13)15(18-9-1)12-3-7-16-8-4-12/h3-4,7-8,13-15,17H,1-2,5-6,9-11H2/t14-,15+/m0/s1. The zero-order chi connectivity index (χ0) is 12.9. The number of nitrogens with one attached hydrogen (secondary N) is 1. The molecular weight excluding hydrogens is 256 g/mol. The Bertz CT molecular complexity index is 381. The van der Waals surface area contributed by atoms with E-state index < -0.39 is 0 Å². The van der Waals surface area contributed by atoms with Gasteiger partial charge in [-0.1, -0.05) is 0 Å². The minimum Gasteiger partial charge on any atom is -0.372 e. The van der Waals surface area contributed by atoms with E-state index >= 15 is 0 Å². The number of hydrogen-bond donors (Lipinski definition) is 1. The number of hydrogen-bond acceptors (Lipinski definition) is 4. The van der Waals surface area contributed by atoms with Crippen molar-refractivity contribution in [2.75, 3.05) is 18.1 Å². The maximum Gasteiger partial charge on any atom is 0.0978 e. The molecule has 0 saturated carbocycles. The van der Waals surface area contributed by atoms with E-state index in [2.05, 4.69) is 34.2 Å². The van der Waals surface area contributed by atoms with Crippen molar-refractivity contribution in [3.63, 3.8) is 0 Å². The Morgan fingerprint density at radius 1 is 1.16 bits per heavy atom. The molecule has 0 radical (unpaired) electrons. The van der Waals surface area contributed by atoms with Crippen molar-refractivity contribution >= 4 is 11.8 Å². The molecule has 0 aromatic carbocycles. The Morgan fingerprint density at radius 3 is 2.74 bits per heavy atom. The minimum atomic E-state index is 0.200. The summed E-state index contributed by atoms with van der Waals surface area (Å²) in [7, 11) is 0. The highest BCUT2D eigenvalue weighted by molar-refractivity contribution is 7.99. The summed E-state index contributed by atoms with van der Waals surface area (Å²) >= 11 is 2.08. The van der Waals surface area contributed by atoms with E-state index in [1.54, 1.807) is 0 Å². The van der Waals surface area contributed by atoms with Gasteiger partial charge in [-0.2, -0.15) is 11.8 Å². The third-order valence-corrected chi connectivity index (χ3v) is 5.08. The number of pyridine rings is 1. The monoisotopic (exact) mass is 278 g/mol. The lowest BCUT2D eigenvalue weighted by molar-refractivity contribution is -0.0142. The largest absolute Gasteiger partial charge is 0.372 e. The molecule has 1 N–H and O–H groups in total. The molecule has 2 aliphatic rings. The highest BCUT2D eigenvalue weighted by Gasteiger charge is 2.29. The number of rotatable bonds is 3. The van der Waals surface area contributed by atoms with Crippen LogP contribution in [0.3, 0.4) is 0 Å². The fraction of sp³-hybridized carbons (Fsp3) is 0.667. The van der Waals surface area contributed by atoms with Crippen molar-refractivity contribution in [2.24, 2.45) is 0 Å². The molecule has 3 heterocycles. The van der Waals surface area contributed by atoms with Crippen LogP contribution in [0.4, 0.5) is 0 Å². The second kappa shape index (κ2) is 6.73. The van der Waals surface area contributed by atoms with Gasteiger partial charge in [0.15, 0.2) is 0 Å². The molecule has 2 fully saturated rings. The van der Waals surface area contributed by atoms with Crippen molar-refractivity contribution in [1.82, 2.24) is 10.3 Å². The molecule has 2 aliphatic heterocycles. The summed E-state index contributed by atoms with van der Waals surface area (Å²) in [5.41, 5.74) is 1.26. The first-order valence-electron chi connectivity index (χ1n) is 7.29. The molecule has 2 saturated heterocycles. The highest BCUT2D eigenvalue weighted by atomic mass is 32.2. The quantitative estimate of drug-likeness (QED) is 0.922. The number of aromatic nitrogens is 1. The molecule has 0 spiro atoms. The van der Waals surface area contributed by atoms with Crippen LogP contribution in [0.2, 0.25) is 0 Å². The van der Waals surface area contributed by atoms with Gasteiger partial charge in [-0.05, 0) is 54.9 Å². The topological polar surface area (TPSA) is 34.1 Å². The summed E-state index contributed by atoms with van der Waals surface area (Å²) in [6.45, 7) is 0.881. The van der Waals surface area contributed by atoms with Crippen molar-refractivity contribution < 1.29 is 4.74 Å². The van der Waals surface area contributed by atoms with Crippen LogP contribution >= 0.6 is 11.8 Å². The SMILES string of the molecule is c1cc([C@H]2OCCC[C@@H]2NC2CCSCC2)ccn1.